The minimum atomic E-state index is 0.395. The molecule has 0 bridgehead atoms. The van der Waals surface area contributed by atoms with E-state index in [1.165, 1.54) is 11.3 Å². The molecule has 1 aromatic rings. The summed E-state index contributed by atoms with van der Waals surface area (Å²) in [6, 6.07) is 8.90. The second-order valence-corrected chi connectivity index (χ2v) is 4.49. The molecule has 0 aromatic heterocycles. The van der Waals surface area contributed by atoms with Gasteiger partial charge in [0, 0.05) is 12.2 Å². The highest BCUT2D eigenvalue weighted by molar-refractivity contribution is 5.81. The molecule has 1 aromatic carbocycles. The van der Waals surface area contributed by atoms with E-state index < -0.39 is 0 Å². The van der Waals surface area contributed by atoms with Crippen molar-refractivity contribution in [2.24, 2.45) is 10.9 Å². The van der Waals surface area contributed by atoms with Gasteiger partial charge in [0.1, 0.15) is 0 Å². The fourth-order valence-corrected chi connectivity index (χ4v) is 1.66. The van der Waals surface area contributed by atoms with Crippen molar-refractivity contribution in [3.63, 3.8) is 0 Å². The molecule has 79 valence electrons. The highest BCUT2D eigenvalue weighted by Crippen LogP contribution is 2.20. The summed E-state index contributed by atoms with van der Waals surface area (Å²) in [5.41, 5.74) is 2.47. The van der Waals surface area contributed by atoms with E-state index in [4.69, 9.17) is 0 Å². The van der Waals surface area contributed by atoms with E-state index in [1.54, 1.807) is 0 Å². The zero-order chi connectivity index (χ0) is 10.8. The van der Waals surface area contributed by atoms with Gasteiger partial charge in [-0.05, 0) is 25.0 Å². The van der Waals surface area contributed by atoms with Crippen molar-refractivity contribution in [2.75, 3.05) is 11.4 Å². The van der Waals surface area contributed by atoms with Crippen molar-refractivity contribution >= 4 is 12.0 Å². The van der Waals surface area contributed by atoms with Crippen LogP contribution in [0.1, 0.15) is 19.4 Å². The van der Waals surface area contributed by atoms with E-state index in [0.717, 1.165) is 6.54 Å². The van der Waals surface area contributed by atoms with Crippen molar-refractivity contribution < 1.29 is 0 Å². The summed E-state index contributed by atoms with van der Waals surface area (Å²) in [4.78, 5) is 6.49. The van der Waals surface area contributed by atoms with Crippen LogP contribution >= 0.6 is 0 Å². The molecule has 0 fully saturated rings. The smallest absolute Gasteiger partial charge is 0.172 e. The fourth-order valence-electron chi connectivity index (χ4n) is 1.66. The SMILES string of the molecule is Cc1ccc(N2[C]=N[C@@H](C(C)C)C2)cc1. The van der Waals surface area contributed by atoms with Crippen LogP contribution in [0.4, 0.5) is 5.69 Å². The molecular weight excluding hydrogens is 184 g/mol. The van der Waals surface area contributed by atoms with Crippen molar-refractivity contribution in [3.8, 4) is 0 Å². The lowest BCUT2D eigenvalue weighted by Crippen LogP contribution is -2.25. The minimum Gasteiger partial charge on any atom is -0.321 e. The zero-order valence-electron chi connectivity index (χ0n) is 9.57. The molecule has 2 heteroatoms. The van der Waals surface area contributed by atoms with Gasteiger partial charge in [-0.1, -0.05) is 31.5 Å². The molecule has 2 rings (SSSR count). The van der Waals surface area contributed by atoms with Gasteiger partial charge >= 0.3 is 0 Å². The molecule has 0 unspecified atom stereocenters. The number of nitrogens with zero attached hydrogens (tertiary/aromatic N) is 2. The third-order valence-electron chi connectivity index (χ3n) is 2.83. The van der Waals surface area contributed by atoms with Crippen LogP contribution < -0.4 is 4.90 Å². The maximum Gasteiger partial charge on any atom is 0.172 e. The summed E-state index contributed by atoms with van der Waals surface area (Å²) in [6.45, 7) is 7.46. The van der Waals surface area contributed by atoms with Gasteiger partial charge in [-0.25, -0.2) is 0 Å². The second-order valence-electron chi connectivity index (χ2n) is 4.49. The minimum absolute atomic E-state index is 0.395. The molecule has 2 nitrogen and oxygen atoms in total. The summed E-state index contributed by atoms with van der Waals surface area (Å²) in [6.07, 6.45) is 3.08. The zero-order valence-corrected chi connectivity index (χ0v) is 9.57. The third-order valence-corrected chi connectivity index (χ3v) is 2.83. The van der Waals surface area contributed by atoms with Gasteiger partial charge in [0.05, 0.1) is 6.04 Å². The van der Waals surface area contributed by atoms with Crippen LogP contribution in [0.5, 0.6) is 0 Å². The van der Waals surface area contributed by atoms with Gasteiger partial charge in [-0.15, -0.1) is 0 Å². The Morgan fingerprint density at radius 3 is 2.53 bits per heavy atom. The first-order valence-corrected chi connectivity index (χ1v) is 5.46. The van der Waals surface area contributed by atoms with Crippen LogP contribution in [0.15, 0.2) is 29.3 Å². The summed E-state index contributed by atoms with van der Waals surface area (Å²) in [5.74, 6) is 0.591. The number of benzene rings is 1. The Labute approximate surface area is 91.6 Å². The van der Waals surface area contributed by atoms with E-state index in [2.05, 4.69) is 61.3 Å². The average Bonchev–Trinajstić information content (AvgIpc) is 2.68. The van der Waals surface area contributed by atoms with Gasteiger partial charge in [0.2, 0.25) is 0 Å². The Hall–Kier alpha value is -1.31. The predicted molar refractivity (Wildman–Crippen MR) is 64.6 cm³/mol. The molecule has 0 saturated carbocycles. The topological polar surface area (TPSA) is 15.6 Å². The molecule has 0 N–H and O–H groups in total. The molecular formula is C13H17N2. The van der Waals surface area contributed by atoms with Crippen molar-refractivity contribution in [1.82, 2.24) is 0 Å². The number of anilines is 1. The van der Waals surface area contributed by atoms with E-state index in [1.807, 2.05) is 0 Å². The van der Waals surface area contributed by atoms with Crippen molar-refractivity contribution in [3.05, 3.63) is 29.8 Å². The maximum absolute atomic E-state index is 4.39. The lowest BCUT2D eigenvalue weighted by molar-refractivity contribution is 0.521. The van der Waals surface area contributed by atoms with Crippen LogP contribution in [0.2, 0.25) is 0 Å². The lowest BCUT2D eigenvalue weighted by Gasteiger charge is -2.17. The molecule has 0 amide bonds. The summed E-state index contributed by atoms with van der Waals surface area (Å²) in [7, 11) is 0. The highest BCUT2D eigenvalue weighted by Gasteiger charge is 2.21. The van der Waals surface area contributed by atoms with Crippen molar-refractivity contribution in [2.45, 2.75) is 26.8 Å². The predicted octanol–water partition coefficient (Wildman–Crippen LogP) is 2.74. The maximum atomic E-state index is 4.39. The number of rotatable bonds is 2. The van der Waals surface area contributed by atoms with Gasteiger partial charge in [-0.3, -0.25) is 4.99 Å². The summed E-state index contributed by atoms with van der Waals surface area (Å²) < 4.78 is 0. The molecule has 1 aliphatic rings. The third kappa shape index (κ3) is 2.20. The molecule has 1 radical (unpaired) electrons. The van der Waals surface area contributed by atoms with Crippen LogP contribution in [0.25, 0.3) is 0 Å². The molecule has 1 atom stereocenters. The molecule has 0 spiro atoms. The standard InChI is InChI=1S/C13H17N2/c1-10(2)13-8-15(9-14-13)12-6-4-11(3)5-7-12/h4-7,10,13H,8H2,1-3H3/t13-/m1/s1. The molecule has 0 saturated heterocycles. The number of hydrogen-bond acceptors (Lipinski definition) is 2. The lowest BCUT2D eigenvalue weighted by atomic mass is 10.1. The van der Waals surface area contributed by atoms with Crippen LogP contribution in [-0.4, -0.2) is 18.9 Å². The van der Waals surface area contributed by atoms with Crippen LogP contribution in [0, 0.1) is 12.8 Å². The van der Waals surface area contributed by atoms with E-state index in [9.17, 15) is 0 Å². The van der Waals surface area contributed by atoms with E-state index in [-0.39, 0.29) is 0 Å². The Kier molecular flexibility index (Phi) is 2.76. The molecule has 15 heavy (non-hydrogen) atoms. The largest absolute Gasteiger partial charge is 0.321 e. The van der Waals surface area contributed by atoms with Crippen LogP contribution in [0.3, 0.4) is 0 Å². The van der Waals surface area contributed by atoms with Crippen molar-refractivity contribution in [1.29, 1.82) is 0 Å². The molecule has 0 aliphatic carbocycles. The first-order chi connectivity index (χ1) is 7.16. The summed E-state index contributed by atoms with van der Waals surface area (Å²) in [5, 5.41) is 0. The Morgan fingerprint density at radius 2 is 2.00 bits per heavy atom. The number of aryl methyl sites for hydroxylation is 1. The second kappa shape index (κ2) is 4.05. The van der Waals surface area contributed by atoms with E-state index >= 15 is 0 Å². The fraction of sp³-hybridized carbons (Fsp3) is 0.462. The van der Waals surface area contributed by atoms with Crippen LogP contribution in [-0.2, 0) is 0 Å². The normalized spacial score (nSPS) is 20.3. The van der Waals surface area contributed by atoms with Gasteiger partial charge in [0.15, 0.2) is 6.34 Å². The number of hydrogen-bond donors (Lipinski definition) is 0. The summed E-state index contributed by atoms with van der Waals surface area (Å²) >= 11 is 0. The Balaban J connectivity index is 2.09. The number of aliphatic imine (C=N–C) groups is 1. The van der Waals surface area contributed by atoms with Gasteiger partial charge in [-0.2, -0.15) is 0 Å². The highest BCUT2D eigenvalue weighted by atomic mass is 15.2. The van der Waals surface area contributed by atoms with Gasteiger partial charge < -0.3 is 4.90 Å². The Bertz CT molecular complexity index is 351. The molecule has 1 aliphatic heterocycles. The Morgan fingerprint density at radius 1 is 1.33 bits per heavy atom. The first-order valence-electron chi connectivity index (χ1n) is 5.46. The average molecular weight is 201 g/mol. The van der Waals surface area contributed by atoms with Gasteiger partial charge in [0.25, 0.3) is 0 Å². The molecule has 1 heterocycles. The monoisotopic (exact) mass is 201 g/mol. The quantitative estimate of drug-likeness (QED) is 0.718. The van der Waals surface area contributed by atoms with E-state index in [0.29, 0.717) is 12.0 Å². The first kappa shape index (κ1) is 10.2.